The lowest BCUT2D eigenvalue weighted by Crippen LogP contribution is -2.40. The average Bonchev–Trinajstić information content (AvgIpc) is 2.02. The van der Waals surface area contributed by atoms with Gasteiger partial charge in [0, 0.05) is 6.42 Å². The Hall–Kier alpha value is -1.45. The first-order chi connectivity index (χ1) is 5.97. The fraction of sp³-hybridized carbons (Fsp3) is 0.444. The maximum absolute atomic E-state index is 10.9. The van der Waals surface area contributed by atoms with Crippen LogP contribution in [0.5, 0.6) is 0 Å². The molecule has 1 N–H and O–H groups in total. The summed E-state index contributed by atoms with van der Waals surface area (Å²) in [4.78, 5) is 32.4. The fourth-order valence-corrected chi connectivity index (χ4v) is 0.814. The molecule has 0 aliphatic heterocycles. The van der Waals surface area contributed by atoms with E-state index in [0.29, 0.717) is 0 Å². The molecule has 4 nitrogen and oxygen atoms in total. The Labute approximate surface area is 77.0 Å². The van der Waals surface area contributed by atoms with Gasteiger partial charge in [-0.25, -0.2) is 0 Å². The zero-order valence-electron chi connectivity index (χ0n) is 7.79. The van der Waals surface area contributed by atoms with Gasteiger partial charge in [-0.15, -0.1) is 0 Å². The van der Waals surface area contributed by atoms with Gasteiger partial charge in [0.2, 0.25) is 5.91 Å². The van der Waals surface area contributed by atoms with Crippen molar-refractivity contribution in [1.82, 2.24) is 5.32 Å². The van der Waals surface area contributed by atoms with Crippen LogP contribution in [0, 0.1) is 0 Å². The lowest BCUT2D eigenvalue weighted by molar-refractivity contribution is -0.127. The number of ketones is 2. The van der Waals surface area contributed by atoms with Gasteiger partial charge in [-0.05, 0) is 19.9 Å². The number of carbonyl (C=O) groups excluding carboxylic acids is 3. The second kappa shape index (κ2) is 5.24. The van der Waals surface area contributed by atoms with Crippen molar-refractivity contribution in [3.05, 3.63) is 12.7 Å². The van der Waals surface area contributed by atoms with Crippen LogP contribution in [0.4, 0.5) is 0 Å². The van der Waals surface area contributed by atoms with E-state index in [1.54, 1.807) is 0 Å². The maximum Gasteiger partial charge on any atom is 0.243 e. The van der Waals surface area contributed by atoms with E-state index in [2.05, 4.69) is 11.9 Å². The Morgan fingerprint density at radius 2 is 1.92 bits per heavy atom. The van der Waals surface area contributed by atoms with Crippen molar-refractivity contribution in [1.29, 1.82) is 0 Å². The molecule has 0 saturated heterocycles. The summed E-state index contributed by atoms with van der Waals surface area (Å²) in [6.07, 6.45) is 1.10. The summed E-state index contributed by atoms with van der Waals surface area (Å²) < 4.78 is 0. The molecule has 4 heteroatoms. The lowest BCUT2D eigenvalue weighted by atomic mass is 10.1. The fourth-order valence-electron chi connectivity index (χ4n) is 0.814. The normalized spacial score (nSPS) is 11.5. The molecular formula is C9H13NO3. The van der Waals surface area contributed by atoms with Crippen LogP contribution >= 0.6 is 0 Å². The maximum atomic E-state index is 10.9. The van der Waals surface area contributed by atoms with Crippen molar-refractivity contribution < 1.29 is 14.4 Å². The van der Waals surface area contributed by atoms with E-state index in [0.717, 1.165) is 6.08 Å². The highest BCUT2D eigenvalue weighted by Gasteiger charge is 2.17. The number of rotatable bonds is 5. The quantitative estimate of drug-likeness (QED) is 0.620. The summed E-state index contributed by atoms with van der Waals surface area (Å²) in [5.74, 6) is -0.809. The Kier molecular flexibility index (Phi) is 4.66. The molecule has 0 fully saturated rings. The first kappa shape index (κ1) is 11.6. The highest BCUT2D eigenvalue weighted by Crippen LogP contribution is 1.95. The van der Waals surface area contributed by atoms with Crippen molar-refractivity contribution in [3.63, 3.8) is 0 Å². The number of hydrogen-bond acceptors (Lipinski definition) is 3. The molecule has 0 aliphatic rings. The summed E-state index contributed by atoms with van der Waals surface area (Å²) in [7, 11) is 0. The van der Waals surface area contributed by atoms with E-state index in [1.807, 2.05) is 0 Å². The topological polar surface area (TPSA) is 63.2 Å². The van der Waals surface area contributed by atoms with Crippen LogP contribution in [0.1, 0.15) is 20.3 Å². The van der Waals surface area contributed by atoms with Crippen LogP contribution in [-0.2, 0) is 14.4 Å². The zero-order chi connectivity index (χ0) is 10.4. The molecule has 0 aromatic heterocycles. The van der Waals surface area contributed by atoms with Crippen molar-refractivity contribution in [3.8, 4) is 0 Å². The highest BCUT2D eigenvalue weighted by molar-refractivity contribution is 5.94. The zero-order valence-corrected chi connectivity index (χ0v) is 7.79. The summed E-state index contributed by atoms with van der Waals surface area (Å²) in [5, 5.41) is 2.37. The third-order valence-electron chi connectivity index (χ3n) is 1.48. The third kappa shape index (κ3) is 4.90. The van der Waals surface area contributed by atoms with Crippen LogP contribution in [0.3, 0.4) is 0 Å². The Bertz CT molecular complexity index is 245. The van der Waals surface area contributed by atoms with E-state index < -0.39 is 11.9 Å². The van der Waals surface area contributed by atoms with Gasteiger partial charge in [0.25, 0.3) is 0 Å². The molecule has 0 bridgehead atoms. The number of hydrogen-bond donors (Lipinski definition) is 1. The van der Waals surface area contributed by atoms with Crippen LogP contribution < -0.4 is 5.32 Å². The molecular weight excluding hydrogens is 170 g/mol. The molecule has 0 saturated carbocycles. The summed E-state index contributed by atoms with van der Waals surface area (Å²) in [6.45, 7) is 5.95. The summed E-state index contributed by atoms with van der Waals surface area (Å²) in [6, 6.07) is -0.719. The molecule has 1 unspecified atom stereocenters. The smallest absolute Gasteiger partial charge is 0.243 e. The van der Waals surface area contributed by atoms with Gasteiger partial charge in [0.1, 0.15) is 5.78 Å². The van der Waals surface area contributed by atoms with Gasteiger partial charge >= 0.3 is 0 Å². The molecule has 1 amide bonds. The summed E-state index contributed by atoms with van der Waals surface area (Å²) in [5.41, 5.74) is 0. The van der Waals surface area contributed by atoms with Crippen LogP contribution in [-0.4, -0.2) is 23.5 Å². The molecule has 0 aromatic carbocycles. The molecule has 13 heavy (non-hydrogen) atoms. The standard InChI is InChI=1S/C9H13NO3/c1-4-9(13)10-8(7(3)12)5-6(2)11/h4,8H,1,5H2,2-3H3,(H,10,13). The number of carbonyl (C=O) groups is 3. The first-order valence-corrected chi connectivity index (χ1v) is 3.90. The Balaban J connectivity index is 4.26. The SMILES string of the molecule is C=CC(=O)NC(CC(C)=O)C(C)=O. The minimum absolute atomic E-state index is 0.0366. The monoisotopic (exact) mass is 183 g/mol. The van der Waals surface area contributed by atoms with E-state index in [-0.39, 0.29) is 18.0 Å². The first-order valence-electron chi connectivity index (χ1n) is 3.90. The van der Waals surface area contributed by atoms with Crippen LogP contribution in [0.15, 0.2) is 12.7 Å². The van der Waals surface area contributed by atoms with Crippen LogP contribution in [0.2, 0.25) is 0 Å². The van der Waals surface area contributed by atoms with Gasteiger partial charge in [0.05, 0.1) is 6.04 Å². The molecule has 72 valence electrons. The van der Waals surface area contributed by atoms with E-state index in [4.69, 9.17) is 0 Å². The minimum atomic E-state index is -0.719. The molecule has 0 spiro atoms. The lowest BCUT2D eigenvalue weighted by Gasteiger charge is -2.12. The van der Waals surface area contributed by atoms with Crippen molar-refractivity contribution in [2.24, 2.45) is 0 Å². The van der Waals surface area contributed by atoms with Crippen molar-refractivity contribution >= 4 is 17.5 Å². The molecule has 0 heterocycles. The van der Waals surface area contributed by atoms with E-state index in [1.165, 1.54) is 13.8 Å². The molecule has 0 aliphatic carbocycles. The van der Waals surface area contributed by atoms with E-state index in [9.17, 15) is 14.4 Å². The second-order valence-corrected chi connectivity index (χ2v) is 2.78. The summed E-state index contributed by atoms with van der Waals surface area (Å²) >= 11 is 0. The number of amides is 1. The second-order valence-electron chi connectivity index (χ2n) is 2.78. The average molecular weight is 183 g/mol. The van der Waals surface area contributed by atoms with Crippen molar-refractivity contribution in [2.45, 2.75) is 26.3 Å². The molecule has 0 rings (SSSR count). The largest absolute Gasteiger partial charge is 0.342 e. The Morgan fingerprint density at radius 1 is 1.38 bits per heavy atom. The molecule has 0 radical (unpaired) electrons. The van der Waals surface area contributed by atoms with Gasteiger partial charge in [-0.2, -0.15) is 0 Å². The molecule has 1 atom stereocenters. The Morgan fingerprint density at radius 3 is 2.23 bits per heavy atom. The van der Waals surface area contributed by atoms with Gasteiger partial charge in [0.15, 0.2) is 5.78 Å². The number of Topliss-reactive ketones (excluding diaryl/α,β-unsaturated/α-hetero) is 2. The minimum Gasteiger partial charge on any atom is -0.342 e. The van der Waals surface area contributed by atoms with Gasteiger partial charge < -0.3 is 5.32 Å². The van der Waals surface area contributed by atoms with Crippen LogP contribution in [0.25, 0.3) is 0 Å². The predicted octanol–water partition coefficient (Wildman–Crippen LogP) is 0.225. The highest BCUT2D eigenvalue weighted by atomic mass is 16.2. The van der Waals surface area contributed by atoms with Crippen molar-refractivity contribution in [2.75, 3.05) is 0 Å². The van der Waals surface area contributed by atoms with Gasteiger partial charge in [-0.3, -0.25) is 14.4 Å². The molecule has 0 aromatic rings. The number of nitrogens with one attached hydrogen (secondary N) is 1. The van der Waals surface area contributed by atoms with E-state index >= 15 is 0 Å². The third-order valence-corrected chi connectivity index (χ3v) is 1.48. The van der Waals surface area contributed by atoms with Gasteiger partial charge in [-0.1, -0.05) is 6.58 Å². The predicted molar refractivity (Wildman–Crippen MR) is 48.1 cm³/mol.